The summed E-state index contributed by atoms with van der Waals surface area (Å²) in [6.07, 6.45) is -7.75. The maximum absolute atomic E-state index is 14.4. The lowest BCUT2D eigenvalue weighted by molar-refractivity contribution is -0.316. The number of ether oxygens (including phenoxy) is 7. The van der Waals surface area contributed by atoms with Crippen LogP contribution in [0.4, 0.5) is 0 Å². The molecule has 0 aromatic heterocycles. The smallest absolute Gasteiger partial charge is 0.311 e. The summed E-state index contributed by atoms with van der Waals surface area (Å²) in [7, 11) is 1.53. The highest BCUT2D eigenvalue weighted by Gasteiger charge is 2.59. The predicted octanol–water partition coefficient (Wildman–Crippen LogP) is 3.85. The third-order valence-electron chi connectivity index (χ3n) is 13.2. The van der Waals surface area contributed by atoms with Crippen molar-refractivity contribution in [2.45, 2.75) is 192 Å². The van der Waals surface area contributed by atoms with Gasteiger partial charge in [0.1, 0.15) is 23.9 Å². The van der Waals surface area contributed by atoms with Crippen molar-refractivity contribution in [2.75, 3.05) is 7.11 Å². The lowest BCUT2D eigenvalue weighted by Crippen LogP contribution is -2.60. The predicted molar refractivity (Wildman–Crippen MR) is 203 cm³/mol. The summed E-state index contributed by atoms with van der Waals surface area (Å²) in [5, 5.41) is 49.2. The minimum absolute atomic E-state index is 0.0758. The molecule has 4 aliphatic rings. The minimum Gasteiger partial charge on any atom is -0.459 e. The molecule has 19 atom stereocenters. The van der Waals surface area contributed by atoms with Gasteiger partial charge in [0.2, 0.25) is 0 Å². The number of cyclic esters (lactones) is 1. The first kappa shape index (κ1) is 44.4. The van der Waals surface area contributed by atoms with Gasteiger partial charge in [-0.25, -0.2) is 0 Å². The fraction of sp³-hybridized carbons (Fsp3) is 0.833. The van der Waals surface area contributed by atoms with Crippen LogP contribution in [-0.2, 0) is 44.5 Å². The number of fused-ring (bicyclic) bond motifs is 2. The summed E-state index contributed by atoms with van der Waals surface area (Å²) >= 11 is 0. The number of rotatable bonds is 11. The summed E-state index contributed by atoms with van der Waals surface area (Å²) in [6.45, 7) is 18.9. The van der Waals surface area contributed by atoms with E-state index in [0.717, 1.165) is 5.56 Å². The molecule has 4 aliphatic heterocycles. The van der Waals surface area contributed by atoms with Gasteiger partial charge >= 0.3 is 5.97 Å². The molecule has 0 amide bonds. The van der Waals surface area contributed by atoms with E-state index in [1.54, 1.807) is 27.7 Å². The van der Waals surface area contributed by atoms with Gasteiger partial charge in [-0.1, -0.05) is 58.0 Å². The number of methoxy groups -OCH3 is 1. The molecular formula is C42H69NO12. The number of carbonyl (C=O) groups excluding carboxylic acids is 1. The summed E-state index contributed by atoms with van der Waals surface area (Å²) < 4.78 is 45.4. The van der Waals surface area contributed by atoms with Gasteiger partial charge in [0, 0.05) is 38.0 Å². The van der Waals surface area contributed by atoms with Crippen LogP contribution in [0.5, 0.6) is 0 Å². The fourth-order valence-electron chi connectivity index (χ4n) is 9.76. The molecule has 13 heteroatoms. The molecule has 55 heavy (non-hydrogen) atoms. The lowest BCUT2D eigenvalue weighted by atomic mass is 9.76. The molecule has 7 unspecified atom stereocenters. The summed E-state index contributed by atoms with van der Waals surface area (Å²) in [4.78, 5) is 14.4. The minimum atomic E-state index is -1.80. The fourth-order valence-corrected chi connectivity index (χ4v) is 9.76. The largest absolute Gasteiger partial charge is 0.459 e. The van der Waals surface area contributed by atoms with Crippen LogP contribution in [0.15, 0.2) is 30.3 Å². The van der Waals surface area contributed by atoms with Crippen LogP contribution in [0, 0.1) is 23.7 Å². The number of hydrogen-bond donors (Lipinski definition) is 5. The van der Waals surface area contributed by atoms with E-state index in [2.05, 4.69) is 12.2 Å². The molecule has 5 rings (SSSR count). The van der Waals surface area contributed by atoms with Crippen molar-refractivity contribution < 1.29 is 58.4 Å². The van der Waals surface area contributed by atoms with Crippen LogP contribution in [0.1, 0.15) is 100 Å². The van der Waals surface area contributed by atoms with E-state index in [0.29, 0.717) is 19.4 Å². The van der Waals surface area contributed by atoms with Gasteiger partial charge < -0.3 is 58.9 Å². The Morgan fingerprint density at radius 2 is 1.67 bits per heavy atom. The monoisotopic (exact) mass is 779 g/mol. The highest BCUT2D eigenvalue weighted by molar-refractivity contribution is 5.73. The van der Waals surface area contributed by atoms with Gasteiger partial charge in [0.25, 0.3) is 0 Å². The normalized spacial score (nSPS) is 45.9. The highest BCUT2D eigenvalue weighted by Crippen LogP contribution is 2.48. The Balaban J connectivity index is 1.54. The van der Waals surface area contributed by atoms with Crippen molar-refractivity contribution in [3.05, 3.63) is 35.9 Å². The molecule has 4 saturated heterocycles. The van der Waals surface area contributed by atoms with Crippen molar-refractivity contribution in [2.24, 2.45) is 23.7 Å². The maximum atomic E-state index is 14.4. The Morgan fingerprint density at radius 3 is 2.31 bits per heavy atom. The maximum Gasteiger partial charge on any atom is 0.311 e. The Bertz CT molecular complexity index is 1400. The van der Waals surface area contributed by atoms with Crippen LogP contribution in [0.3, 0.4) is 0 Å². The molecule has 0 radical (unpaired) electrons. The number of aliphatic hydroxyl groups is 4. The van der Waals surface area contributed by atoms with Crippen LogP contribution in [0.2, 0.25) is 0 Å². The average molecular weight is 780 g/mol. The topological polar surface area (TPSA) is 175 Å². The van der Waals surface area contributed by atoms with Gasteiger partial charge in [-0.2, -0.15) is 0 Å². The summed E-state index contributed by atoms with van der Waals surface area (Å²) in [6, 6.07) is 9.65. The first-order valence-corrected chi connectivity index (χ1v) is 20.3. The van der Waals surface area contributed by atoms with E-state index in [-0.39, 0.29) is 30.9 Å². The van der Waals surface area contributed by atoms with Crippen LogP contribution in [-0.4, -0.2) is 124 Å². The standard InChI is InChI=1S/C42H69NO12/c1-12-30(44)42(10,48)37-24(4)33-22(2)19-41(9,55-33)36(54-39-32(45)29(18-23(3)50-39)43-21-28-16-14-13-15-17-28)25(5)34(26(6)38(47)53-37)52-31-20-40(8,49-11)35(46)27(7)51-31/h13-17,22-27,29-37,39,43-46,48H,12,18-21H2,1-11H3/t22?,23?,24-,25-,26+,27?,29?,30+,31-,32?,33?,34-,35-,36+,37+,39-,40?,41+,42+/m0/s1. The van der Waals surface area contributed by atoms with Gasteiger partial charge in [-0.3, -0.25) is 4.79 Å². The number of hydrogen-bond acceptors (Lipinski definition) is 13. The van der Waals surface area contributed by atoms with E-state index >= 15 is 0 Å². The van der Waals surface area contributed by atoms with E-state index < -0.39 is 102 Å². The van der Waals surface area contributed by atoms with E-state index in [9.17, 15) is 25.2 Å². The average Bonchev–Trinajstić information content (AvgIpc) is 3.47. The lowest BCUT2D eigenvalue weighted by Gasteiger charge is -2.48. The number of esters is 1. The molecule has 4 fully saturated rings. The summed E-state index contributed by atoms with van der Waals surface area (Å²) in [5.41, 5.74) is -2.69. The molecule has 0 saturated carbocycles. The van der Waals surface area contributed by atoms with Crippen molar-refractivity contribution in [1.29, 1.82) is 0 Å². The number of benzene rings is 1. The zero-order chi connectivity index (χ0) is 40.6. The van der Waals surface area contributed by atoms with Crippen molar-refractivity contribution in [3.63, 3.8) is 0 Å². The Hall–Kier alpha value is -1.75. The zero-order valence-electron chi connectivity index (χ0n) is 34.7. The van der Waals surface area contributed by atoms with Crippen molar-refractivity contribution >= 4 is 5.97 Å². The number of nitrogens with one attached hydrogen (secondary N) is 1. The van der Waals surface area contributed by atoms with Crippen LogP contribution >= 0.6 is 0 Å². The Labute approximate surface area is 327 Å². The first-order chi connectivity index (χ1) is 25.8. The van der Waals surface area contributed by atoms with Crippen molar-refractivity contribution in [3.8, 4) is 0 Å². The van der Waals surface area contributed by atoms with Crippen LogP contribution in [0.25, 0.3) is 0 Å². The van der Waals surface area contributed by atoms with E-state index in [4.69, 9.17) is 33.2 Å². The second-order valence-corrected chi connectivity index (χ2v) is 17.7. The Kier molecular flexibility index (Phi) is 14.2. The molecule has 2 bridgehead atoms. The molecule has 5 N–H and O–H groups in total. The third-order valence-corrected chi connectivity index (χ3v) is 13.2. The van der Waals surface area contributed by atoms with Gasteiger partial charge in [-0.05, 0) is 72.3 Å². The quantitative estimate of drug-likeness (QED) is 0.205. The molecule has 0 spiro atoms. The number of carbonyl (C=O) groups is 1. The van der Waals surface area contributed by atoms with E-state index in [1.807, 2.05) is 58.0 Å². The molecule has 1 aromatic rings. The van der Waals surface area contributed by atoms with Crippen LogP contribution < -0.4 is 5.32 Å². The second kappa shape index (κ2) is 17.6. The van der Waals surface area contributed by atoms with Gasteiger partial charge in [-0.15, -0.1) is 0 Å². The highest BCUT2D eigenvalue weighted by atomic mass is 16.7. The summed E-state index contributed by atoms with van der Waals surface area (Å²) in [5.74, 6) is -2.76. The third kappa shape index (κ3) is 9.28. The van der Waals surface area contributed by atoms with Crippen molar-refractivity contribution in [1.82, 2.24) is 5.32 Å². The zero-order valence-corrected chi connectivity index (χ0v) is 34.7. The Morgan fingerprint density at radius 1 is 1.00 bits per heavy atom. The van der Waals surface area contributed by atoms with E-state index in [1.165, 1.54) is 14.0 Å². The molecular weight excluding hydrogens is 710 g/mol. The molecule has 0 aliphatic carbocycles. The molecule has 4 heterocycles. The SMILES string of the molecule is CC[C@@H](O)[C@@](C)(O)[C@@H]1OC(=O)[C@H](C)[C@@H](O[C@H]2CC(C)(OC)[C@@H](O)C(C)O2)[C@H](C)[C@@H](O[C@@H]2OC(C)CC(NCc3ccccc3)C2O)[C@@]2(C)CC(C)C(O2)[C@@H]1C. The first-order valence-electron chi connectivity index (χ1n) is 20.3. The molecule has 314 valence electrons. The van der Waals surface area contributed by atoms with Gasteiger partial charge in [0.05, 0.1) is 53.7 Å². The second-order valence-electron chi connectivity index (χ2n) is 17.7. The molecule has 13 nitrogen and oxygen atoms in total. The number of aliphatic hydroxyl groups excluding tert-OH is 3. The van der Waals surface area contributed by atoms with Gasteiger partial charge in [0.15, 0.2) is 12.6 Å². The molecule has 1 aromatic carbocycles.